The van der Waals surface area contributed by atoms with E-state index in [4.69, 9.17) is 5.11 Å². The zero-order valence-corrected chi connectivity index (χ0v) is 7.27. The zero-order chi connectivity index (χ0) is 8.81. The number of rotatable bonds is 5. The summed E-state index contributed by atoms with van der Waals surface area (Å²) in [5.41, 5.74) is 0. The average Bonchev–Trinajstić information content (AvgIpc) is 2.56. The second kappa shape index (κ2) is 4.90. The number of aliphatic hydroxyl groups is 1. The second-order valence-electron chi connectivity index (χ2n) is 2.67. The molecule has 0 bridgehead atoms. The largest absolute Gasteiger partial charge is 0.395 e. The van der Waals surface area contributed by atoms with Crippen LogP contribution in [0.2, 0.25) is 0 Å². The van der Waals surface area contributed by atoms with Crippen molar-refractivity contribution in [1.82, 2.24) is 15.1 Å². The van der Waals surface area contributed by atoms with Crippen LogP contribution in [0.15, 0.2) is 18.5 Å². The van der Waals surface area contributed by atoms with Crippen LogP contribution in [0.25, 0.3) is 0 Å². The molecule has 1 rings (SSSR count). The Kier molecular flexibility index (Phi) is 3.76. The van der Waals surface area contributed by atoms with Crippen LogP contribution in [-0.2, 0) is 6.54 Å². The standard InChI is InChI=1S/C8H15N3O/c1-2-9-8(7-12)6-11-5-3-4-10-11/h3-5,8-9,12H,2,6-7H2,1H3. The molecule has 12 heavy (non-hydrogen) atoms. The quantitative estimate of drug-likeness (QED) is 0.644. The van der Waals surface area contributed by atoms with Crippen LogP contribution in [0.4, 0.5) is 0 Å². The number of nitrogens with zero attached hydrogens (tertiary/aromatic N) is 2. The van der Waals surface area contributed by atoms with Crippen LogP contribution in [0.5, 0.6) is 0 Å². The van der Waals surface area contributed by atoms with Crippen molar-refractivity contribution in [2.75, 3.05) is 13.2 Å². The molecule has 0 radical (unpaired) electrons. The van der Waals surface area contributed by atoms with Crippen molar-refractivity contribution in [3.8, 4) is 0 Å². The van der Waals surface area contributed by atoms with E-state index in [2.05, 4.69) is 10.4 Å². The number of aromatic nitrogens is 2. The topological polar surface area (TPSA) is 50.1 Å². The Morgan fingerprint density at radius 1 is 1.67 bits per heavy atom. The summed E-state index contributed by atoms with van der Waals surface area (Å²) in [6.45, 7) is 3.75. The van der Waals surface area contributed by atoms with Gasteiger partial charge < -0.3 is 10.4 Å². The lowest BCUT2D eigenvalue weighted by atomic mass is 10.3. The Morgan fingerprint density at radius 2 is 2.50 bits per heavy atom. The van der Waals surface area contributed by atoms with E-state index in [1.54, 1.807) is 6.20 Å². The highest BCUT2D eigenvalue weighted by Gasteiger charge is 2.05. The SMILES string of the molecule is CCNC(CO)Cn1cccn1. The van der Waals surface area contributed by atoms with Gasteiger partial charge in [0.2, 0.25) is 0 Å². The zero-order valence-electron chi connectivity index (χ0n) is 7.27. The Labute approximate surface area is 72.2 Å². The predicted octanol–water partition coefficient (Wildman–Crippen LogP) is -0.147. The molecule has 1 aromatic heterocycles. The summed E-state index contributed by atoms with van der Waals surface area (Å²) in [4.78, 5) is 0. The van der Waals surface area contributed by atoms with E-state index in [0.717, 1.165) is 13.1 Å². The monoisotopic (exact) mass is 169 g/mol. The lowest BCUT2D eigenvalue weighted by molar-refractivity contribution is 0.227. The molecule has 0 aromatic carbocycles. The van der Waals surface area contributed by atoms with Crippen molar-refractivity contribution in [3.05, 3.63) is 18.5 Å². The first-order chi connectivity index (χ1) is 5.86. The molecule has 0 aliphatic rings. The summed E-state index contributed by atoms with van der Waals surface area (Å²) in [6, 6.07) is 1.98. The van der Waals surface area contributed by atoms with E-state index < -0.39 is 0 Å². The minimum atomic E-state index is 0.106. The molecule has 1 aromatic rings. The van der Waals surface area contributed by atoms with Crippen LogP contribution in [0, 0.1) is 0 Å². The second-order valence-corrected chi connectivity index (χ2v) is 2.67. The van der Waals surface area contributed by atoms with E-state index >= 15 is 0 Å². The molecule has 2 N–H and O–H groups in total. The third kappa shape index (κ3) is 2.64. The van der Waals surface area contributed by atoms with E-state index in [0.29, 0.717) is 0 Å². The maximum atomic E-state index is 8.95. The first kappa shape index (κ1) is 9.22. The molecule has 4 nitrogen and oxygen atoms in total. The Hall–Kier alpha value is -0.870. The Bertz CT molecular complexity index is 198. The van der Waals surface area contributed by atoms with Crippen molar-refractivity contribution in [3.63, 3.8) is 0 Å². The normalized spacial score (nSPS) is 13.2. The molecular formula is C8H15N3O. The molecule has 0 saturated carbocycles. The Balaban J connectivity index is 2.37. The Morgan fingerprint density at radius 3 is 3.00 bits per heavy atom. The fourth-order valence-electron chi connectivity index (χ4n) is 1.11. The lowest BCUT2D eigenvalue weighted by Gasteiger charge is -2.14. The third-order valence-corrected chi connectivity index (χ3v) is 1.68. The maximum Gasteiger partial charge on any atom is 0.0602 e. The fourth-order valence-corrected chi connectivity index (χ4v) is 1.11. The van der Waals surface area contributed by atoms with Crippen molar-refractivity contribution < 1.29 is 5.11 Å². The first-order valence-electron chi connectivity index (χ1n) is 4.18. The molecule has 0 saturated heterocycles. The average molecular weight is 169 g/mol. The summed E-state index contributed by atoms with van der Waals surface area (Å²) in [7, 11) is 0. The molecule has 1 unspecified atom stereocenters. The van der Waals surface area contributed by atoms with Gasteiger partial charge in [0.15, 0.2) is 0 Å². The van der Waals surface area contributed by atoms with Gasteiger partial charge in [0.1, 0.15) is 0 Å². The molecular weight excluding hydrogens is 154 g/mol. The van der Waals surface area contributed by atoms with Crippen molar-refractivity contribution in [2.45, 2.75) is 19.5 Å². The van der Waals surface area contributed by atoms with Crippen LogP contribution in [0.1, 0.15) is 6.92 Å². The van der Waals surface area contributed by atoms with Gasteiger partial charge >= 0.3 is 0 Å². The smallest absolute Gasteiger partial charge is 0.0602 e. The summed E-state index contributed by atoms with van der Waals surface area (Å²) < 4.78 is 1.81. The lowest BCUT2D eigenvalue weighted by Crippen LogP contribution is -2.36. The highest BCUT2D eigenvalue weighted by atomic mass is 16.3. The highest BCUT2D eigenvalue weighted by molar-refractivity contribution is 4.79. The summed E-state index contributed by atoms with van der Waals surface area (Å²) >= 11 is 0. The molecule has 1 atom stereocenters. The van der Waals surface area contributed by atoms with Crippen molar-refractivity contribution in [1.29, 1.82) is 0 Å². The number of hydrogen-bond acceptors (Lipinski definition) is 3. The first-order valence-corrected chi connectivity index (χ1v) is 4.18. The van der Waals surface area contributed by atoms with Gasteiger partial charge in [-0.15, -0.1) is 0 Å². The van der Waals surface area contributed by atoms with E-state index in [1.165, 1.54) is 0 Å². The van der Waals surface area contributed by atoms with Gasteiger partial charge in [-0.1, -0.05) is 6.92 Å². The van der Waals surface area contributed by atoms with Gasteiger partial charge in [0.25, 0.3) is 0 Å². The summed E-state index contributed by atoms with van der Waals surface area (Å²) in [6.07, 6.45) is 3.63. The molecule has 4 heteroatoms. The van der Waals surface area contributed by atoms with E-state index in [1.807, 2.05) is 23.9 Å². The molecule has 0 amide bonds. The summed E-state index contributed by atoms with van der Waals surface area (Å²) in [5.74, 6) is 0. The minimum absolute atomic E-state index is 0.106. The van der Waals surface area contributed by atoms with Gasteiger partial charge in [-0.3, -0.25) is 4.68 Å². The maximum absolute atomic E-state index is 8.95. The van der Waals surface area contributed by atoms with Crippen LogP contribution < -0.4 is 5.32 Å². The van der Waals surface area contributed by atoms with Crippen LogP contribution in [0.3, 0.4) is 0 Å². The predicted molar refractivity (Wildman–Crippen MR) is 46.8 cm³/mol. The van der Waals surface area contributed by atoms with Gasteiger partial charge in [-0.05, 0) is 12.6 Å². The third-order valence-electron chi connectivity index (χ3n) is 1.68. The molecule has 0 aliphatic carbocycles. The summed E-state index contributed by atoms with van der Waals surface area (Å²) in [5, 5.41) is 16.2. The molecule has 1 heterocycles. The van der Waals surface area contributed by atoms with Gasteiger partial charge in [-0.2, -0.15) is 5.10 Å². The van der Waals surface area contributed by atoms with Gasteiger partial charge in [-0.25, -0.2) is 0 Å². The minimum Gasteiger partial charge on any atom is -0.395 e. The van der Waals surface area contributed by atoms with Crippen molar-refractivity contribution >= 4 is 0 Å². The fraction of sp³-hybridized carbons (Fsp3) is 0.625. The molecule has 0 spiro atoms. The molecule has 0 fully saturated rings. The highest BCUT2D eigenvalue weighted by Crippen LogP contribution is 1.90. The van der Waals surface area contributed by atoms with E-state index in [9.17, 15) is 0 Å². The molecule has 68 valence electrons. The number of nitrogens with one attached hydrogen (secondary N) is 1. The number of aliphatic hydroxyl groups excluding tert-OH is 1. The van der Waals surface area contributed by atoms with Crippen molar-refractivity contribution in [2.24, 2.45) is 0 Å². The van der Waals surface area contributed by atoms with Crippen LogP contribution in [-0.4, -0.2) is 34.1 Å². The van der Waals surface area contributed by atoms with E-state index in [-0.39, 0.29) is 12.6 Å². The van der Waals surface area contributed by atoms with Gasteiger partial charge in [0, 0.05) is 18.4 Å². The number of likely N-dealkylation sites (N-methyl/N-ethyl adjacent to an activating group) is 1. The number of hydrogen-bond donors (Lipinski definition) is 2. The van der Waals surface area contributed by atoms with Gasteiger partial charge in [0.05, 0.1) is 13.2 Å². The molecule has 0 aliphatic heterocycles. The van der Waals surface area contributed by atoms with Crippen LogP contribution >= 0.6 is 0 Å².